The van der Waals surface area contributed by atoms with Crippen molar-refractivity contribution in [3.63, 3.8) is 0 Å². The predicted molar refractivity (Wildman–Crippen MR) is 73.7 cm³/mol. The minimum absolute atomic E-state index is 0.664. The molecule has 0 bridgehead atoms. The lowest BCUT2D eigenvalue weighted by Gasteiger charge is -2.24. The average molecular weight is 274 g/mol. The van der Waals surface area contributed by atoms with Gasteiger partial charge in [-0.25, -0.2) is 4.98 Å². The van der Waals surface area contributed by atoms with Crippen LogP contribution in [0.3, 0.4) is 0 Å². The number of nitrogens with one attached hydrogen (secondary N) is 1. The standard InChI is InChI=1S/C12H20ClN3S/c1-2-6-16(8-10-4-3-5-14-10)9-12-15-7-11(13)17-12/h7,10,14H,2-6,8-9H2,1H3. The van der Waals surface area contributed by atoms with Crippen molar-refractivity contribution in [3.05, 3.63) is 15.5 Å². The van der Waals surface area contributed by atoms with Gasteiger partial charge in [-0.15, -0.1) is 11.3 Å². The number of thiazole rings is 1. The van der Waals surface area contributed by atoms with E-state index in [-0.39, 0.29) is 0 Å². The van der Waals surface area contributed by atoms with E-state index in [9.17, 15) is 0 Å². The van der Waals surface area contributed by atoms with Gasteiger partial charge in [-0.05, 0) is 32.4 Å². The Labute approximate surface area is 112 Å². The molecule has 2 rings (SSSR count). The quantitative estimate of drug-likeness (QED) is 0.864. The fourth-order valence-electron chi connectivity index (χ4n) is 2.33. The van der Waals surface area contributed by atoms with Crippen LogP contribution in [0.25, 0.3) is 0 Å². The first-order chi connectivity index (χ1) is 8.28. The van der Waals surface area contributed by atoms with Crippen molar-refractivity contribution >= 4 is 22.9 Å². The Hall–Kier alpha value is -0.160. The fourth-order valence-corrected chi connectivity index (χ4v) is 3.33. The number of hydrogen-bond acceptors (Lipinski definition) is 4. The van der Waals surface area contributed by atoms with Crippen LogP contribution in [0.1, 0.15) is 31.2 Å². The molecule has 0 spiro atoms. The summed E-state index contributed by atoms with van der Waals surface area (Å²) < 4.78 is 0.787. The van der Waals surface area contributed by atoms with Crippen molar-refractivity contribution in [1.29, 1.82) is 0 Å². The highest BCUT2D eigenvalue weighted by atomic mass is 35.5. The molecule has 17 heavy (non-hydrogen) atoms. The molecule has 1 aromatic rings. The molecular formula is C12H20ClN3S. The van der Waals surface area contributed by atoms with E-state index in [1.54, 1.807) is 17.5 Å². The van der Waals surface area contributed by atoms with Crippen LogP contribution in [0.15, 0.2) is 6.20 Å². The molecule has 1 N–H and O–H groups in total. The molecule has 2 heterocycles. The molecular weight excluding hydrogens is 254 g/mol. The number of hydrogen-bond donors (Lipinski definition) is 1. The van der Waals surface area contributed by atoms with Crippen LogP contribution in [0.2, 0.25) is 4.34 Å². The Morgan fingerprint density at radius 2 is 2.53 bits per heavy atom. The lowest BCUT2D eigenvalue weighted by Crippen LogP contribution is -2.37. The van der Waals surface area contributed by atoms with Crippen LogP contribution >= 0.6 is 22.9 Å². The Bertz CT molecular complexity index is 336. The fraction of sp³-hybridized carbons (Fsp3) is 0.750. The highest BCUT2D eigenvalue weighted by Gasteiger charge is 2.18. The van der Waals surface area contributed by atoms with Gasteiger partial charge in [0.25, 0.3) is 0 Å². The molecule has 3 nitrogen and oxygen atoms in total. The van der Waals surface area contributed by atoms with Gasteiger partial charge < -0.3 is 5.32 Å². The third-order valence-electron chi connectivity index (χ3n) is 3.07. The summed E-state index contributed by atoms with van der Waals surface area (Å²) in [4.78, 5) is 6.82. The molecule has 5 heteroatoms. The summed E-state index contributed by atoms with van der Waals surface area (Å²) in [5.41, 5.74) is 0. The first kappa shape index (κ1) is 13.3. The molecule has 0 aromatic carbocycles. The van der Waals surface area contributed by atoms with Gasteiger partial charge in [0.15, 0.2) is 0 Å². The van der Waals surface area contributed by atoms with E-state index in [0.717, 1.165) is 29.0 Å². The van der Waals surface area contributed by atoms with Crippen LogP contribution < -0.4 is 5.32 Å². The van der Waals surface area contributed by atoms with Gasteiger partial charge in [0, 0.05) is 12.6 Å². The molecule has 0 saturated carbocycles. The van der Waals surface area contributed by atoms with Gasteiger partial charge >= 0.3 is 0 Å². The SMILES string of the molecule is CCCN(Cc1ncc(Cl)s1)CC1CCCN1. The second kappa shape index (κ2) is 6.69. The molecule has 1 unspecified atom stereocenters. The topological polar surface area (TPSA) is 28.2 Å². The lowest BCUT2D eigenvalue weighted by atomic mass is 10.2. The summed E-state index contributed by atoms with van der Waals surface area (Å²) in [6, 6.07) is 0.664. The van der Waals surface area contributed by atoms with Crippen LogP contribution in [-0.2, 0) is 6.54 Å². The van der Waals surface area contributed by atoms with E-state index in [2.05, 4.69) is 22.1 Å². The van der Waals surface area contributed by atoms with Crippen molar-refractivity contribution in [2.24, 2.45) is 0 Å². The summed E-state index contributed by atoms with van der Waals surface area (Å²) >= 11 is 7.51. The van der Waals surface area contributed by atoms with Crippen LogP contribution in [-0.4, -0.2) is 35.6 Å². The third-order valence-corrected chi connectivity index (χ3v) is 4.16. The largest absolute Gasteiger partial charge is 0.313 e. The van der Waals surface area contributed by atoms with E-state index in [4.69, 9.17) is 11.6 Å². The Morgan fingerprint density at radius 1 is 1.65 bits per heavy atom. The van der Waals surface area contributed by atoms with Gasteiger partial charge in [-0.3, -0.25) is 4.90 Å². The molecule has 1 aromatic heterocycles. The maximum atomic E-state index is 5.92. The zero-order valence-corrected chi connectivity index (χ0v) is 11.9. The second-order valence-electron chi connectivity index (χ2n) is 4.59. The van der Waals surface area contributed by atoms with E-state index in [1.807, 2.05) is 0 Å². The van der Waals surface area contributed by atoms with Gasteiger partial charge in [0.2, 0.25) is 0 Å². The molecule has 96 valence electrons. The molecule has 0 amide bonds. The minimum atomic E-state index is 0.664. The van der Waals surface area contributed by atoms with E-state index < -0.39 is 0 Å². The van der Waals surface area contributed by atoms with Gasteiger partial charge in [0.1, 0.15) is 9.34 Å². The highest BCUT2D eigenvalue weighted by Crippen LogP contribution is 2.20. The third kappa shape index (κ3) is 4.21. The molecule has 0 aliphatic carbocycles. The molecule has 1 saturated heterocycles. The first-order valence-electron chi connectivity index (χ1n) is 6.34. The van der Waals surface area contributed by atoms with Crippen LogP contribution in [0.5, 0.6) is 0 Å². The number of aromatic nitrogens is 1. The zero-order chi connectivity index (χ0) is 12.1. The van der Waals surface area contributed by atoms with Crippen LogP contribution in [0, 0.1) is 0 Å². The molecule has 1 aliphatic rings. The monoisotopic (exact) mass is 273 g/mol. The summed E-state index contributed by atoms with van der Waals surface area (Å²) in [6.45, 7) is 6.60. The van der Waals surface area contributed by atoms with E-state index >= 15 is 0 Å². The first-order valence-corrected chi connectivity index (χ1v) is 7.53. The summed E-state index contributed by atoms with van der Waals surface area (Å²) in [5, 5.41) is 4.68. The van der Waals surface area contributed by atoms with Gasteiger partial charge in [0.05, 0.1) is 12.7 Å². The number of halogens is 1. The predicted octanol–water partition coefficient (Wildman–Crippen LogP) is 2.76. The van der Waals surface area contributed by atoms with Crippen molar-refractivity contribution in [2.75, 3.05) is 19.6 Å². The molecule has 1 aliphatic heterocycles. The average Bonchev–Trinajstić information content (AvgIpc) is 2.91. The Kier molecular flexibility index (Phi) is 5.22. The van der Waals surface area contributed by atoms with Crippen LogP contribution in [0.4, 0.5) is 0 Å². The molecule has 1 fully saturated rings. The Morgan fingerprint density at radius 3 is 3.12 bits per heavy atom. The van der Waals surface area contributed by atoms with E-state index in [1.165, 1.54) is 25.8 Å². The summed E-state index contributed by atoms with van der Waals surface area (Å²) in [7, 11) is 0. The zero-order valence-electron chi connectivity index (χ0n) is 10.3. The maximum absolute atomic E-state index is 5.92. The number of rotatable bonds is 6. The normalized spacial score (nSPS) is 20.3. The molecule has 1 atom stereocenters. The minimum Gasteiger partial charge on any atom is -0.313 e. The van der Waals surface area contributed by atoms with E-state index in [0.29, 0.717) is 6.04 Å². The molecule has 0 radical (unpaired) electrons. The highest BCUT2D eigenvalue weighted by molar-refractivity contribution is 7.15. The second-order valence-corrected chi connectivity index (χ2v) is 6.33. The summed E-state index contributed by atoms with van der Waals surface area (Å²) in [5.74, 6) is 0. The lowest BCUT2D eigenvalue weighted by molar-refractivity contribution is 0.241. The van der Waals surface area contributed by atoms with Gasteiger partial charge in [-0.2, -0.15) is 0 Å². The Balaban J connectivity index is 1.87. The van der Waals surface area contributed by atoms with Gasteiger partial charge in [-0.1, -0.05) is 18.5 Å². The van der Waals surface area contributed by atoms with Crippen molar-refractivity contribution < 1.29 is 0 Å². The number of nitrogens with zero attached hydrogens (tertiary/aromatic N) is 2. The summed E-state index contributed by atoms with van der Waals surface area (Å²) in [6.07, 6.45) is 5.55. The maximum Gasteiger partial charge on any atom is 0.113 e. The smallest absolute Gasteiger partial charge is 0.113 e. The van der Waals surface area contributed by atoms with Crippen molar-refractivity contribution in [2.45, 2.75) is 38.8 Å². The van der Waals surface area contributed by atoms with Crippen molar-refractivity contribution in [1.82, 2.24) is 15.2 Å². The van der Waals surface area contributed by atoms with Crippen molar-refractivity contribution in [3.8, 4) is 0 Å².